The van der Waals surface area contributed by atoms with Crippen molar-refractivity contribution in [3.8, 4) is 11.9 Å². The van der Waals surface area contributed by atoms with Crippen molar-refractivity contribution < 1.29 is 9.90 Å². The molecule has 0 saturated carbocycles. The largest absolute Gasteiger partial charge is 0.494 e. The maximum absolute atomic E-state index is 13.1. The van der Waals surface area contributed by atoms with E-state index in [0.717, 1.165) is 4.57 Å². The number of hydrogen-bond donors (Lipinski definition) is 1. The zero-order valence-electron chi connectivity index (χ0n) is 14.7. The molecule has 1 aromatic heterocycles. The van der Waals surface area contributed by atoms with Crippen molar-refractivity contribution in [1.29, 1.82) is 5.26 Å². The van der Waals surface area contributed by atoms with Crippen LogP contribution in [-0.2, 0) is 6.54 Å². The molecule has 0 radical (unpaired) electrons. The molecule has 3 aromatic rings. The smallest absolute Gasteiger partial charge is 0.271 e. The van der Waals surface area contributed by atoms with Crippen LogP contribution in [0.5, 0.6) is 5.88 Å². The van der Waals surface area contributed by atoms with Gasteiger partial charge in [0.25, 0.3) is 5.56 Å². The molecule has 1 heterocycles. The number of carbonyl (C=O) groups is 1. The number of aromatic nitrogens is 1. The Kier molecular flexibility index (Phi) is 5.68. The lowest BCUT2D eigenvalue weighted by Crippen LogP contribution is -2.27. The first-order chi connectivity index (χ1) is 13.4. The molecule has 0 aliphatic carbocycles. The fourth-order valence-electron chi connectivity index (χ4n) is 2.95. The summed E-state index contributed by atoms with van der Waals surface area (Å²) in [4.78, 5) is 25.9. The first-order valence-corrected chi connectivity index (χ1v) is 9.43. The lowest BCUT2D eigenvalue weighted by Gasteiger charge is -2.16. The van der Waals surface area contributed by atoms with Gasteiger partial charge in [-0.2, -0.15) is 5.26 Å². The van der Waals surface area contributed by atoms with E-state index in [1.165, 1.54) is 6.92 Å². The van der Waals surface area contributed by atoms with Gasteiger partial charge in [0.2, 0.25) is 5.88 Å². The molecule has 2 aromatic carbocycles. The third-order valence-electron chi connectivity index (χ3n) is 4.43. The van der Waals surface area contributed by atoms with E-state index in [2.05, 4.69) is 15.9 Å². The summed E-state index contributed by atoms with van der Waals surface area (Å²) in [5.41, 5.74) is 0.0685. The van der Waals surface area contributed by atoms with Crippen molar-refractivity contribution in [1.82, 2.24) is 4.57 Å². The number of halogens is 2. The van der Waals surface area contributed by atoms with Crippen molar-refractivity contribution in [2.45, 2.75) is 13.5 Å². The number of carbonyl (C=O) groups excluding carboxylic acids is 1. The van der Waals surface area contributed by atoms with Gasteiger partial charge >= 0.3 is 0 Å². The van der Waals surface area contributed by atoms with E-state index in [1.54, 1.807) is 48.5 Å². The van der Waals surface area contributed by atoms with Crippen LogP contribution in [0.2, 0.25) is 5.02 Å². The summed E-state index contributed by atoms with van der Waals surface area (Å²) in [7, 11) is 0. The van der Waals surface area contributed by atoms with Gasteiger partial charge in [0.05, 0.1) is 12.1 Å². The minimum absolute atomic E-state index is 0.0739. The Bertz CT molecular complexity index is 1200. The zero-order chi connectivity index (χ0) is 20.4. The standard InChI is InChI=1S/C21H14BrClN2O3/c1-12-15(10-24)20(27)25(11-13-6-2-5-9-17(13)23)21(28)18(12)19(26)14-7-3-4-8-16(14)22/h2-9,28H,11H2,1H3. The molecule has 0 spiro atoms. The van der Waals surface area contributed by atoms with Gasteiger partial charge in [0.1, 0.15) is 11.6 Å². The summed E-state index contributed by atoms with van der Waals surface area (Å²) in [5, 5.41) is 20.7. The summed E-state index contributed by atoms with van der Waals surface area (Å²) in [6.07, 6.45) is 0. The van der Waals surface area contributed by atoms with Crippen molar-refractivity contribution in [3.63, 3.8) is 0 Å². The number of rotatable bonds is 4. The summed E-state index contributed by atoms with van der Waals surface area (Å²) < 4.78 is 1.54. The third kappa shape index (κ3) is 3.47. The number of ketones is 1. The fourth-order valence-corrected chi connectivity index (χ4v) is 3.61. The molecular weight excluding hydrogens is 444 g/mol. The maximum atomic E-state index is 13.1. The monoisotopic (exact) mass is 456 g/mol. The van der Waals surface area contributed by atoms with Crippen LogP contribution in [0.1, 0.15) is 32.6 Å². The molecule has 7 heteroatoms. The first-order valence-electron chi connectivity index (χ1n) is 8.26. The van der Waals surface area contributed by atoms with E-state index in [1.807, 2.05) is 6.07 Å². The van der Waals surface area contributed by atoms with Crippen molar-refractivity contribution in [2.24, 2.45) is 0 Å². The molecule has 0 unspecified atom stereocenters. The molecule has 28 heavy (non-hydrogen) atoms. The van der Waals surface area contributed by atoms with Crippen LogP contribution in [0.3, 0.4) is 0 Å². The van der Waals surface area contributed by atoms with Crippen LogP contribution in [0.4, 0.5) is 0 Å². The molecule has 5 nitrogen and oxygen atoms in total. The van der Waals surface area contributed by atoms with Gasteiger partial charge in [-0.15, -0.1) is 0 Å². The Morgan fingerprint density at radius 3 is 2.50 bits per heavy atom. The highest BCUT2D eigenvalue weighted by Crippen LogP contribution is 2.29. The van der Waals surface area contributed by atoms with E-state index in [-0.39, 0.29) is 23.2 Å². The Morgan fingerprint density at radius 2 is 1.86 bits per heavy atom. The van der Waals surface area contributed by atoms with Gasteiger partial charge < -0.3 is 5.11 Å². The molecule has 1 N–H and O–H groups in total. The normalized spacial score (nSPS) is 10.5. The van der Waals surface area contributed by atoms with Crippen LogP contribution in [-0.4, -0.2) is 15.5 Å². The summed E-state index contributed by atoms with van der Waals surface area (Å²) in [6.45, 7) is 1.40. The SMILES string of the molecule is Cc1c(C(=O)c2ccccc2Br)c(O)n(Cc2ccccc2Cl)c(=O)c1C#N. The second-order valence-electron chi connectivity index (χ2n) is 6.10. The van der Waals surface area contributed by atoms with Crippen LogP contribution in [0, 0.1) is 18.3 Å². The molecule has 0 fully saturated rings. The molecule has 0 bridgehead atoms. The van der Waals surface area contributed by atoms with E-state index in [9.17, 15) is 20.0 Å². The van der Waals surface area contributed by atoms with E-state index in [4.69, 9.17) is 11.6 Å². The summed E-state index contributed by atoms with van der Waals surface area (Å²) in [5.74, 6) is -0.992. The van der Waals surface area contributed by atoms with Crippen LogP contribution in [0.15, 0.2) is 57.8 Å². The second-order valence-corrected chi connectivity index (χ2v) is 7.36. The fraction of sp³-hybridized carbons (Fsp3) is 0.0952. The number of benzene rings is 2. The molecule has 0 atom stereocenters. The van der Waals surface area contributed by atoms with Crippen LogP contribution < -0.4 is 5.56 Å². The highest BCUT2D eigenvalue weighted by atomic mass is 79.9. The average molecular weight is 458 g/mol. The maximum Gasteiger partial charge on any atom is 0.271 e. The number of nitriles is 1. The lowest BCUT2D eigenvalue weighted by molar-refractivity contribution is 0.103. The minimum atomic E-state index is -0.680. The predicted molar refractivity (Wildman–Crippen MR) is 110 cm³/mol. The van der Waals surface area contributed by atoms with Crippen molar-refractivity contribution in [2.75, 3.05) is 0 Å². The number of nitrogens with zero attached hydrogens (tertiary/aromatic N) is 2. The number of pyridine rings is 1. The molecular formula is C21H14BrClN2O3. The Labute approximate surface area is 174 Å². The molecule has 0 saturated heterocycles. The van der Waals surface area contributed by atoms with E-state index >= 15 is 0 Å². The van der Waals surface area contributed by atoms with Crippen LogP contribution >= 0.6 is 27.5 Å². The molecule has 0 aliphatic rings. The minimum Gasteiger partial charge on any atom is -0.494 e. The first kappa shape index (κ1) is 19.9. The number of aromatic hydroxyl groups is 1. The average Bonchev–Trinajstić information content (AvgIpc) is 2.67. The topological polar surface area (TPSA) is 83.1 Å². The van der Waals surface area contributed by atoms with Gasteiger partial charge in [-0.05, 0) is 36.2 Å². The van der Waals surface area contributed by atoms with Gasteiger partial charge in [-0.1, -0.05) is 57.9 Å². The summed E-state index contributed by atoms with van der Waals surface area (Å²) >= 11 is 9.49. The van der Waals surface area contributed by atoms with E-state index in [0.29, 0.717) is 20.6 Å². The Morgan fingerprint density at radius 1 is 1.21 bits per heavy atom. The highest BCUT2D eigenvalue weighted by molar-refractivity contribution is 9.10. The molecule has 140 valence electrons. The van der Waals surface area contributed by atoms with Gasteiger partial charge in [-0.3, -0.25) is 14.2 Å². The van der Waals surface area contributed by atoms with Crippen LogP contribution in [0.25, 0.3) is 0 Å². The Balaban J connectivity index is 2.26. The Hall–Kier alpha value is -2.88. The lowest BCUT2D eigenvalue weighted by atomic mass is 9.97. The molecule has 0 amide bonds. The van der Waals surface area contributed by atoms with Gasteiger partial charge in [0.15, 0.2) is 5.78 Å². The van der Waals surface area contributed by atoms with E-state index < -0.39 is 17.2 Å². The highest BCUT2D eigenvalue weighted by Gasteiger charge is 2.26. The predicted octanol–water partition coefficient (Wildman–Crippen LogP) is 4.43. The van der Waals surface area contributed by atoms with Gasteiger partial charge in [-0.25, -0.2) is 0 Å². The number of hydrogen-bond acceptors (Lipinski definition) is 4. The third-order valence-corrected chi connectivity index (χ3v) is 5.49. The quantitative estimate of drug-likeness (QED) is 0.588. The van der Waals surface area contributed by atoms with Crippen molar-refractivity contribution in [3.05, 3.63) is 96.2 Å². The summed E-state index contributed by atoms with van der Waals surface area (Å²) in [6, 6.07) is 15.4. The second kappa shape index (κ2) is 8.01. The molecule has 0 aliphatic heterocycles. The van der Waals surface area contributed by atoms with Gasteiger partial charge in [0, 0.05) is 15.1 Å². The molecule has 3 rings (SSSR count). The van der Waals surface area contributed by atoms with Crippen molar-refractivity contribution >= 4 is 33.3 Å². The zero-order valence-corrected chi connectivity index (χ0v) is 17.1.